The number of carbonyl (C=O) groups is 3. The van der Waals surface area contributed by atoms with Gasteiger partial charge in [0, 0.05) is 19.3 Å². The number of nitrogens with one attached hydrogen (secondary N) is 2. The average molecular weight is 449 g/mol. The minimum Gasteiger partial charge on any atom is -0.366 e. The number of pyridine rings is 2. The Kier molecular flexibility index (Phi) is 5.32. The number of alkyl halides is 3. The number of primary amides is 1. The Morgan fingerprint density at radius 3 is 2.62 bits per heavy atom. The van der Waals surface area contributed by atoms with Gasteiger partial charge in [-0.2, -0.15) is 13.2 Å². The highest BCUT2D eigenvalue weighted by atomic mass is 19.4. The van der Waals surface area contributed by atoms with Crippen LogP contribution in [0.2, 0.25) is 0 Å². The summed E-state index contributed by atoms with van der Waals surface area (Å²) in [6, 6.07) is 4.90. The molecule has 2 aromatic heterocycles. The van der Waals surface area contributed by atoms with E-state index in [1.54, 1.807) is 11.4 Å². The highest BCUT2D eigenvalue weighted by molar-refractivity contribution is 6.05. The van der Waals surface area contributed by atoms with Crippen LogP contribution in [-0.4, -0.2) is 59.7 Å². The second kappa shape index (κ2) is 7.98. The van der Waals surface area contributed by atoms with Gasteiger partial charge in [0.25, 0.3) is 5.91 Å². The second-order valence-corrected chi connectivity index (χ2v) is 7.32. The minimum atomic E-state index is -4.56. The number of nitrogens with zero attached hydrogens (tertiary/aromatic N) is 4. The van der Waals surface area contributed by atoms with Crippen LogP contribution in [0.3, 0.4) is 0 Å². The van der Waals surface area contributed by atoms with Crippen molar-refractivity contribution in [1.29, 1.82) is 0 Å². The molecule has 13 heteroatoms. The molecular formula is C19H18F3N7O3. The fourth-order valence-corrected chi connectivity index (χ4v) is 3.65. The van der Waals surface area contributed by atoms with E-state index >= 15 is 0 Å². The van der Waals surface area contributed by atoms with E-state index in [2.05, 4.69) is 15.3 Å². The van der Waals surface area contributed by atoms with Crippen molar-refractivity contribution in [2.75, 3.05) is 34.8 Å². The van der Waals surface area contributed by atoms with Gasteiger partial charge in [-0.3, -0.25) is 19.8 Å². The Morgan fingerprint density at radius 2 is 1.97 bits per heavy atom. The third kappa shape index (κ3) is 4.26. The predicted molar refractivity (Wildman–Crippen MR) is 107 cm³/mol. The topological polar surface area (TPSA) is 134 Å². The largest absolute Gasteiger partial charge is 0.405 e. The molecule has 0 aromatic carbocycles. The predicted octanol–water partition coefficient (Wildman–Crippen LogP) is 1.50. The molecule has 32 heavy (non-hydrogen) atoms. The Labute approximate surface area is 179 Å². The number of carbonyl (C=O) groups excluding carboxylic acids is 3. The van der Waals surface area contributed by atoms with Gasteiger partial charge in [-0.1, -0.05) is 0 Å². The summed E-state index contributed by atoms with van der Waals surface area (Å²) in [7, 11) is 0. The van der Waals surface area contributed by atoms with Gasteiger partial charge >= 0.3 is 12.2 Å². The standard InChI is InChI=1S/C19H18F3N7O3/c20-19(21,22)9-25-17(31)12-2-3-13-16(26-12)29(11-5-6-28(13)8-11)18(32)27-14-4-1-10(7-24-14)15(23)30/h1-4,7,11H,5-6,8-9H2,(H2,23,30)(H,25,31)(H,24,27,32)/t11-/m0/s1. The number of urea groups is 1. The molecule has 2 aliphatic rings. The van der Waals surface area contributed by atoms with Gasteiger partial charge in [-0.25, -0.2) is 14.8 Å². The maximum atomic E-state index is 13.1. The molecule has 2 bridgehead atoms. The number of nitrogens with two attached hydrogens (primary N) is 1. The van der Waals surface area contributed by atoms with Crippen molar-refractivity contribution in [3.8, 4) is 0 Å². The fraction of sp³-hybridized carbons (Fsp3) is 0.316. The fourth-order valence-electron chi connectivity index (χ4n) is 3.65. The summed E-state index contributed by atoms with van der Waals surface area (Å²) in [6.45, 7) is -0.277. The molecule has 0 saturated carbocycles. The molecule has 4 amide bonds. The monoisotopic (exact) mass is 449 g/mol. The number of rotatable bonds is 4. The SMILES string of the molecule is NC(=O)c1ccc(NC(=O)N2c3nc(C(=O)NCC(F)(F)F)ccc3N3CC[C@H]2C3)nc1. The lowest BCUT2D eigenvalue weighted by atomic mass is 10.1. The van der Waals surface area contributed by atoms with Crippen LogP contribution < -0.4 is 26.2 Å². The van der Waals surface area contributed by atoms with E-state index in [4.69, 9.17) is 5.73 Å². The lowest BCUT2D eigenvalue weighted by molar-refractivity contribution is -0.123. The number of hydrogen-bond donors (Lipinski definition) is 3. The summed E-state index contributed by atoms with van der Waals surface area (Å²) in [4.78, 5) is 47.9. The van der Waals surface area contributed by atoms with E-state index in [0.717, 1.165) is 0 Å². The average Bonchev–Trinajstić information content (AvgIpc) is 3.15. The lowest BCUT2D eigenvalue weighted by Gasteiger charge is -2.35. The van der Waals surface area contributed by atoms with E-state index in [-0.39, 0.29) is 28.9 Å². The van der Waals surface area contributed by atoms with Crippen LogP contribution in [0.25, 0.3) is 0 Å². The Hall–Kier alpha value is -3.90. The Balaban J connectivity index is 1.59. The molecule has 1 saturated heterocycles. The number of aromatic nitrogens is 2. The highest BCUT2D eigenvalue weighted by Gasteiger charge is 2.40. The van der Waals surface area contributed by atoms with Gasteiger partial charge in [-0.15, -0.1) is 0 Å². The van der Waals surface area contributed by atoms with Crippen molar-refractivity contribution in [2.24, 2.45) is 5.73 Å². The van der Waals surface area contributed by atoms with E-state index in [0.29, 0.717) is 25.2 Å². The zero-order valence-electron chi connectivity index (χ0n) is 16.5. The molecule has 168 valence electrons. The number of halogens is 3. The van der Waals surface area contributed by atoms with Crippen LogP contribution in [0.15, 0.2) is 30.5 Å². The number of anilines is 3. The first-order chi connectivity index (χ1) is 15.1. The van der Waals surface area contributed by atoms with Crippen LogP contribution >= 0.6 is 0 Å². The quantitative estimate of drug-likeness (QED) is 0.648. The maximum Gasteiger partial charge on any atom is 0.405 e. The molecule has 2 aliphatic heterocycles. The van der Waals surface area contributed by atoms with Crippen LogP contribution in [-0.2, 0) is 0 Å². The van der Waals surface area contributed by atoms with E-state index < -0.39 is 30.6 Å². The zero-order chi connectivity index (χ0) is 23.0. The molecule has 0 radical (unpaired) electrons. The van der Waals surface area contributed by atoms with Crippen molar-refractivity contribution in [3.05, 3.63) is 41.7 Å². The highest BCUT2D eigenvalue weighted by Crippen LogP contribution is 2.39. The van der Waals surface area contributed by atoms with Gasteiger partial charge in [-0.05, 0) is 30.7 Å². The van der Waals surface area contributed by atoms with Gasteiger partial charge < -0.3 is 16.0 Å². The smallest absolute Gasteiger partial charge is 0.366 e. The summed E-state index contributed by atoms with van der Waals surface area (Å²) in [5.74, 6) is -1.32. The number of hydrogen-bond acceptors (Lipinski definition) is 6. The number of amides is 4. The summed E-state index contributed by atoms with van der Waals surface area (Å²) in [6.07, 6.45) is -2.69. The van der Waals surface area contributed by atoms with Crippen molar-refractivity contribution < 1.29 is 27.6 Å². The number of fused-ring (bicyclic) bond motifs is 4. The summed E-state index contributed by atoms with van der Waals surface area (Å²) >= 11 is 0. The Bertz CT molecular complexity index is 1070. The van der Waals surface area contributed by atoms with Gasteiger partial charge in [0.15, 0.2) is 5.82 Å². The van der Waals surface area contributed by atoms with E-state index in [1.165, 1.54) is 29.3 Å². The molecule has 1 fully saturated rings. The second-order valence-electron chi connectivity index (χ2n) is 7.32. The normalized spacial score (nSPS) is 17.0. The molecule has 4 rings (SSSR count). The maximum absolute atomic E-state index is 13.1. The third-order valence-electron chi connectivity index (χ3n) is 5.14. The first-order valence-electron chi connectivity index (χ1n) is 9.59. The van der Waals surface area contributed by atoms with Crippen LogP contribution in [0.4, 0.5) is 35.3 Å². The van der Waals surface area contributed by atoms with E-state index in [1.807, 2.05) is 4.90 Å². The molecule has 0 unspecified atom stereocenters. The Morgan fingerprint density at radius 1 is 1.19 bits per heavy atom. The zero-order valence-corrected chi connectivity index (χ0v) is 16.5. The summed E-state index contributed by atoms with van der Waals surface area (Å²) < 4.78 is 37.3. The molecule has 10 nitrogen and oxygen atoms in total. The van der Waals surface area contributed by atoms with Crippen molar-refractivity contribution in [3.63, 3.8) is 0 Å². The molecule has 0 aliphatic carbocycles. The molecule has 4 heterocycles. The molecule has 0 spiro atoms. The van der Waals surface area contributed by atoms with Gasteiger partial charge in [0.2, 0.25) is 5.91 Å². The van der Waals surface area contributed by atoms with Gasteiger partial charge in [0.05, 0.1) is 17.3 Å². The molecular weight excluding hydrogens is 431 g/mol. The lowest BCUT2D eigenvalue weighted by Crippen LogP contribution is -2.48. The summed E-state index contributed by atoms with van der Waals surface area (Å²) in [5, 5.41) is 4.39. The first kappa shape index (κ1) is 21.3. The molecule has 4 N–H and O–H groups in total. The molecule has 1 atom stereocenters. The van der Waals surface area contributed by atoms with Crippen molar-refractivity contribution in [2.45, 2.75) is 18.6 Å². The van der Waals surface area contributed by atoms with Crippen LogP contribution in [0.1, 0.15) is 27.3 Å². The van der Waals surface area contributed by atoms with Crippen molar-refractivity contribution in [1.82, 2.24) is 15.3 Å². The summed E-state index contributed by atoms with van der Waals surface area (Å²) in [5.41, 5.74) is 5.71. The van der Waals surface area contributed by atoms with Crippen LogP contribution in [0.5, 0.6) is 0 Å². The van der Waals surface area contributed by atoms with Crippen molar-refractivity contribution >= 4 is 35.2 Å². The van der Waals surface area contributed by atoms with Crippen LogP contribution in [0, 0.1) is 0 Å². The third-order valence-corrected chi connectivity index (χ3v) is 5.14. The first-order valence-corrected chi connectivity index (χ1v) is 9.59. The molecule has 2 aromatic rings. The van der Waals surface area contributed by atoms with Gasteiger partial charge in [0.1, 0.15) is 18.1 Å². The minimum absolute atomic E-state index is 0.168. The van der Waals surface area contributed by atoms with E-state index in [9.17, 15) is 27.6 Å².